The SMILES string of the molecule is Brc1cccc(C2CC(NCCCn3ccnn3)C2)c1. The number of rotatable bonds is 6. The number of aromatic nitrogens is 3. The Labute approximate surface area is 127 Å². The minimum Gasteiger partial charge on any atom is -0.314 e. The molecule has 0 atom stereocenters. The summed E-state index contributed by atoms with van der Waals surface area (Å²) >= 11 is 3.54. The largest absolute Gasteiger partial charge is 0.314 e. The van der Waals surface area contributed by atoms with Gasteiger partial charge in [0, 0.05) is 23.3 Å². The summed E-state index contributed by atoms with van der Waals surface area (Å²) in [6.45, 7) is 1.99. The van der Waals surface area contributed by atoms with Crippen LogP contribution < -0.4 is 5.32 Å². The third-order valence-corrected chi connectivity index (χ3v) is 4.42. The summed E-state index contributed by atoms with van der Waals surface area (Å²) in [5, 5.41) is 11.4. The molecule has 0 radical (unpaired) electrons. The van der Waals surface area contributed by atoms with Crippen LogP contribution in [0.2, 0.25) is 0 Å². The highest BCUT2D eigenvalue weighted by Gasteiger charge is 2.29. The Morgan fingerprint density at radius 3 is 3.00 bits per heavy atom. The van der Waals surface area contributed by atoms with Crippen LogP contribution in [0.5, 0.6) is 0 Å². The van der Waals surface area contributed by atoms with Crippen molar-refractivity contribution >= 4 is 15.9 Å². The van der Waals surface area contributed by atoms with Crippen LogP contribution in [0.25, 0.3) is 0 Å². The van der Waals surface area contributed by atoms with E-state index in [1.807, 2.05) is 10.9 Å². The van der Waals surface area contributed by atoms with Crippen LogP contribution in [0.3, 0.4) is 0 Å². The zero-order valence-electron chi connectivity index (χ0n) is 11.4. The van der Waals surface area contributed by atoms with Gasteiger partial charge in [0.05, 0.1) is 6.20 Å². The second-order valence-corrected chi connectivity index (χ2v) is 6.31. The Morgan fingerprint density at radius 1 is 1.35 bits per heavy atom. The molecule has 5 heteroatoms. The first-order chi connectivity index (χ1) is 9.81. The maximum atomic E-state index is 3.96. The Bertz CT molecular complexity index is 535. The summed E-state index contributed by atoms with van der Waals surface area (Å²) in [6, 6.07) is 9.36. The van der Waals surface area contributed by atoms with Gasteiger partial charge in [-0.05, 0) is 49.4 Å². The van der Waals surface area contributed by atoms with Crippen molar-refractivity contribution in [2.24, 2.45) is 0 Å². The fourth-order valence-corrected chi connectivity index (χ4v) is 3.13. The van der Waals surface area contributed by atoms with Crippen molar-refractivity contribution < 1.29 is 0 Å². The van der Waals surface area contributed by atoms with Gasteiger partial charge in [0.15, 0.2) is 0 Å². The van der Waals surface area contributed by atoms with Gasteiger partial charge in [0.25, 0.3) is 0 Å². The van der Waals surface area contributed by atoms with E-state index in [4.69, 9.17) is 0 Å². The van der Waals surface area contributed by atoms with E-state index in [1.54, 1.807) is 6.20 Å². The van der Waals surface area contributed by atoms with E-state index in [2.05, 4.69) is 55.8 Å². The maximum Gasteiger partial charge on any atom is 0.0692 e. The Balaban J connectivity index is 1.34. The molecule has 1 aliphatic rings. The molecule has 20 heavy (non-hydrogen) atoms. The first-order valence-corrected chi connectivity index (χ1v) is 7.93. The lowest BCUT2D eigenvalue weighted by atomic mass is 9.76. The summed E-state index contributed by atoms with van der Waals surface area (Å²) < 4.78 is 3.06. The minimum absolute atomic E-state index is 0.676. The second kappa shape index (κ2) is 6.50. The average Bonchev–Trinajstić information content (AvgIpc) is 2.89. The highest BCUT2D eigenvalue weighted by Crippen LogP contribution is 2.37. The van der Waals surface area contributed by atoms with Crippen LogP contribution in [0.15, 0.2) is 41.1 Å². The van der Waals surface area contributed by atoms with Gasteiger partial charge >= 0.3 is 0 Å². The van der Waals surface area contributed by atoms with Crippen molar-refractivity contribution in [2.45, 2.75) is 37.8 Å². The normalized spacial score (nSPS) is 21.6. The first kappa shape index (κ1) is 13.8. The van der Waals surface area contributed by atoms with Crippen LogP contribution in [0.4, 0.5) is 0 Å². The predicted octanol–water partition coefficient (Wildman–Crippen LogP) is 2.97. The molecular weight excluding hydrogens is 316 g/mol. The van der Waals surface area contributed by atoms with Gasteiger partial charge in [-0.3, -0.25) is 4.68 Å². The Kier molecular flexibility index (Phi) is 4.47. The third-order valence-electron chi connectivity index (χ3n) is 3.93. The van der Waals surface area contributed by atoms with Crippen molar-refractivity contribution in [3.63, 3.8) is 0 Å². The van der Waals surface area contributed by atoms with E-state index >= 15 is 0 Å². The number of hydrogen-bond acceptors (Lipinski definition) is 3. The van der Waals surface area contributed by atoms with E-state index in [9.17, 15) is 0 Å². The molecule has 3 rings (SSSR count). The molecule has 1 aliphatic carbocycles. The number of nitrogens with zero attached hydrogens (tertiary/aromatic N) is 3. The summed E-state index contributed by atoms with van der Waals surface area (Å²) in [5.74, 6) is 0.723. The average molecular weight is 335 g/mol. The van der Waals surface area contributed by atoms with Gasteiger partial charge in [-0.1, -0.05) is 33.3 Å². The second-order valence-electron chi connectivity index (χ2n) is 5.39. The maximum absolute atomic E-state index is 3.96. The van der Waals surface area contributed by atoms with Crippen molar-refractivity contribution in [3.05, 3.63) is 46.7 Å². The Morgan fingerprint density at radius 2 is 2.25 bits per heavy atom. The zero-order valence-corrected chi connectivity index (χ0v) is 13.0. The van der Waals surface area contributed by atoms with Crippen molar-refractivity contribution in [2.75, 3.05) is 6.54 Å². The third kappa shape index (κ3) is 3.46. The molecule has 0 amide bonds. The molecule has 1 fully saturated rings. The van der Waals surface area contributed by atoms with Crippen LogP contribution in [-0.4, -0.2) is 27.6 Å². The molecular formula is C15H19BrN4. The predicted molar refractivity (Wildman–Crippen MR) is 82.5 cm³/mol. The van der Waals surface area contributed by atoms with E-state index in [0.717, 1.165) is 25.4 Å². The van der Waals surface area contributed by atoms with E-state index in [0.29, 0.717) is 6.04 Å². The number of nitrogens with one attached hydrogen (secondary N) is 1. The van der Waals surface area contributed by atoms with Gasteiger partial charge < -0.3 is 5.32 Å². The first-order valence-electron chi connectivity index (χ1n) is 7.14. The molecule has 1 aromatic carbocycles. The zero-order chi connectivity index (χ0) is 13.8. The van der Waals surface area contributed by atoms with Crippen LogP contribution in [0, 0.1) is 0 Å². The molecule has 1 aromatic heterocycles. The highest BCUT2D eigenvalue weighted by molar-refractivity contribution is 9.10. The van der Waals surface area contributed by atoms with Crippen molar-refractivity contribution in [1.29, 1.82) is 0 Å². The number of aryl methyl sites for hydroxylation is 1. The molecule has 0 aliphatic heterocycles. The van der Waals surface area contributed by atoms with Crippen molar-refractivity contribution in [1.82, 2.24) is 20.3 Å². The molecule has 0 saturated heterocycles. The molecule has 2 aromatic rings. The lowest BCUT2D eigenvalue weighted by Crippen LogP contribution is -2.40. The number of benzene rings is 1. The molecule has 4 nitrogen and oxygen atoms in total. The number of halogens is 1. The fourth-order valence-electron chi connectivity index (χ4n) is 2.72. The summed E-state index contributed by atoms with van der Waals surface area (Å²) in [7, 11) is 0. The molecule has 1 heterocycles. The van der Waals surface area contributed by atoms with Crippen molar-refractivity contribution in [3.8, 4) is 0 Å². The molecule has 0 spiro atoms. The number of hydrogen-bond donors (Lipinski definition) is 1. The van der Waals surface area contributed by atoms with Gasteiger partial charge in [0.1, 0.15) is 0 Å². The lowest BCUT2D eigenvalue weighted by Gasteiger charge is -2.36. The monoisotopic (exact) mass is 334 g/mol. The van der Waals surface area contributed by atoms with Gasteiger partial charge in [-0.2, -0.15) is 0 Å². The molecule has 1 N–H and O–H groups in total. The van der Waals surface area contributed by atoms with E-state index in [-0.39, 0.29) is 0 Å². The topological polar surface area (TPSA) is 42.7 Å². The molecule has 1 saturated carbocycles. The lowest BCUT2D eigenvalue weighted by molar-refractivity contribution is 0.288. The molecule has 0 bridgehead atoms. The van der Waals surface area contributed by atoms with Crippen LogP contribution in [-0.2, 0) is 6.54 Å². The summed E-state index contributed by atoms with van der Waals surface area (Å²) in [6.07, 6.45) is 7.23. The fraction of sp³-hybridized carbons (Fsp3) is 0.467. The van der Waals surface area contributed by atoms with E-state index < -0.39 is 0 Å². The summed E-state index contributed by atoms with van der Waals surface area (Å²) in [4.78, 5) is 0. The smallest absolute Gasteiger partial charge is 0.0692 e. The molecule has 106 valence electrons. The minimum atomic E-state index is 0.676. The van der Waals surface area contributed by atoms with Gasteiger partial charge in [0.2, 0.25) is 0 Å². The summed E-state index contributed by atoms with van der Waals surface area (Å²) in [5.41, 5.74) is 1.46. The highest BCUT2D eigenvalue weighted by atomic mass is 79.9. The van der Waals surface area contributed by atoms with Gasteiger partial charge in [-0.25, -0.2) is 0 Å². The van der Waals surface area contributed by atoms with Crippen LogP contribution in [0.1, 0.15) is 30.7 Å². The Hall–Kier alpha value is -1.20. The quantitative estimate of drug-likeness (QED) is 0.826. The molecule has 0 unspecified atom stereocenters. The van der Waals surface area contributed by atoms with E-state index in [1.165, 1.54) is 22.9 Å². The standard InChI is InChI=1S/C15H19BrN4/c16-14-4-1-3-12(9-14)13-10-15(11-13)17-5-2-7-20-8-6-18-19-20/h1,3-4,6,8-9,13,15,17H,2,5,7,10-11H2. The van der Waals surface area contributed by atoms with Crippen LogP contribution >= 0.6 is 15.9 Å². The van der Waals surface area contributed by atoms with Gasteiger partial charge in [-0.15, -0.1) is 5.10 Å².